The van der Waals surface area contributed by atoms with Crippen molar-refractivity contribution >= 4 is 5.97 Å². The lowest BCUT2D eigenvalue weighted by Crippen LogP contribution is -2.54. The van der Waals surface area contributed by atoms with Crippen molar-refractivity contribution in [3.8, 4) is 0 Å². The second-order valence-corrected chi connectivity index (χ2v) is 4.20. The van der Waals surface area contributed by atoms with Gasteiger partial charge in [-0.25, -0.2) is 4.79 Å². The summed E-state index contributed by atoms with van der Waals surface area (Å²) in [5.41, 5.74) is -2.04. The van der Waals surface area contributed by atoms with Gasteiger partial charge in [0, 0.05) is 6.42 Å². The van der Waals surface area contributed by atoms with Crippen LogP contribution in [0.2, 0.25) is 0 Å². The van der Waals surface area contributed by atoms with Crippen LogP contribution in [-0.2, 0) is 9.53 Å². The predicted octanol–water partition coefficient (Wildman–Crippen LogP) is 4.35. The van der Waals surface area contributed by atoms with Crippen molar-refractivity contribution in [3.05, 3.63) is 12.2 Å². The van der Waals surface area contributed by atoms with Gasteiger partial charge >= 0.3 is 29.9 Å². The quantitative estimate of drug-likeness (QED) is 0.389. The number of rotatable bonds is 7. The van der Waals surface area contributed by atoms with Crippen molar-refractivity contribution in [2.24, 2.45) is 0 Å². The second kappa shape index (κ2) is 6.37. The normalized spacial score (nSPS) is 13.9. The van der Waals surface area contributed by atoms with Crippen LogP contribution < -0.4 is 0 Å². The number of hydrogen-bond acceptors (Lipinski definition) is 2. The molecule has 0 rings (SSSR count). The largest absolute Gasteiger partial charge is 0.462 e. The Labute approximate surface area is 118 Å². The summed E-state index contributed by atoms with van der Waals surface area (Å²) in [6.07, 6.45) is -8.86. The third-order valence-corrected chi connectivity index (χ3v) is 2.60. The molecule has 0 atom stereocenters. The Morgan fingerprint density at radius 3 is 1.77 bits per heavy atom. The second-order valence-electron chi connectivity index (χ2n) is 4.20. The molecule has 0 aliphatic heterocycles. The SMILES string of the molecule is C=C(C(=O)OCCC(F)(F)C(F)(F)C(F)(F)CC)C(F)(F)F. The highest BCUT2D eigenvalue weighted by Crippen LogP contribution is 2.48. The van der Waals surface area contributed by atoms with E-state index in [4.69, 9.17) is 0 Å². The molecule has 0 aromatic rings. The molecule has 0 N–H and O–H groups in total. The van der Waals surface area contributed by atoms with E-state index in [9.17, 15) is 44.3 Å². The van der Waals surface area contributed by atoms with Crippen LogP contribution in [-0.4, -0.2) is 36.5 Å². The molecule has 0 bridgehead atoms. The molecule has 0 aromatic carbocycles. The topological polar surface area (TPSA) is 26.3 Å². The zero-order valence-corrected chi connectivity index (χ0v) is 11.0. The maximum absolute atomic E-state index is 13.1. The van der Waals surface area contributed by atoms with Gasteiger partial charge in [-0.05, 0) is 0 Å². The maximum Gasteiger partial charge on any atom is 0.422 e. The highest BCUT2D eigenvalue weighted by Gasteiger charge is 2.70. The first-order valence-corrected chi connectivity index (χ1v) is 5.67. The first-order valence-electron chi connectivity index (χ1n) is 5.67. The van der Waals surface area contributed by atoms with Crippen molar-refractivity contribution in [1.29, 1.82) is 0 Å². The molecule has 0 saturated heterocycles. The molecule has 0 aliphatic rings. The summed E-state index contributed by atoms with van der Waals surface area (Å²) < 4.78 is 117. The standard InChI is InChI=1S/C11H11F9O2/c1-3-8(12,13)11(19,20)9(14,15)4-5-22-7(21)6(2)10(16,17)18/h2-5H2,1H3. The van der Waals surface area contributed by atoms with E-state index < -0.39 is 54.9 Å². The highest BCUT2D eigenvalue weighted by atomic mass is 19.4. The van der Waals surface area contributed by atoms with E-state index in [2.05, 4.69) is 11.3 Å². The van der Waals surface area contributed by atoms with Gasteiger partial charge in [0.15, 0.2) is 0 Å². The lowest BCUT2D eigenvalue weighted by Gasteiger charge is -2.32. The third-order valence-electron chi connectivity index (χ3n) is 2.60. The minimum absolute atomic E-state index is 0.553. The van der Waals surface area contributed by atoms with Crippen LogP contribution in [0.5, 0.6) is 0 Å². The Kier molecular flexibility index (Phi) is 5.96. The highest BCUT2D eigenvalue weighted by molar-refractivity contribution is 5.89. The summed E-state index contributed by atoms with van der Waals surface area (Å²) in [6.45, 7) is 1.23. The molecule has 130 valence electrons. The Morgan fingerprint density at radius 1 is 0.955 bits per heavy atom. The van der Waals surface area contributed by atoms with E-state index in [0.29, 0.717) is 6.92 Å². The average molecular weight is 346 g/mol. The van der Waals surface area contributed by atoms with Gasteiger partial charge in [-0.1, -0.05) is 13.5 Å². The smallest absolute Gasteiger partial charge is 0.422 e. The number of carbonyl (C=O) groups is 1. The molecule has 0 unspecified atom stereocenters. The van der Waals surface area contributed by atoms with E-state index in [-0.39, 0.29) is 0 Å². The number of hydrogen-bond donors (Lipinski definition) is 0. The average Bonchev–Trinajstić information content (AvgIpc) is 2.35. The van der Waals surface area contributed by atoms with Gasteiger partial charge in [0.2, 0.25) is 0 Å². The molecule has 0 saturated carbocycles. The predicted molar refractivity (Wildman–Crippen MR) is 55.9 cm³/mol. The lowest BCUT2D eigenvalue weighted by molar-refractivity contribution is -0.312. The number of esters is 1. The Balaban J connectivity index is 4.78. The third kappa shape index (κ3) is 4.29. The van der Waals surface area contributed by atoms with Crippen LogP contribution in [0, 0.1) is 0 Å². The molecule has 0 amide bonds. The minimum atomic E-state index is -5.75. The summed E-state index contributed by atoms with van der Waals surface area (Å²) in [6, 6.07) is 0. The molecule has 0 spiro atoms. The fourth-order valence-electron chi connectivity index (χ4n) is 1.12. The number of ether oxygens (including phenoxy) is 1. The summed E-state index contributed by atoms with van der Waals surface area (Å²) in [5.74, 6) is -18.2. The zero-order valence-electron chi connectivity index (χ0n) is 11.0. The Bertz CT molecular complexity index is 426. The van der Waals surface area contributed by atoms with Crippen molar-refractivity contribution in [1.82, 2.24) is 0 Å². The lowest BCUT2D eigenvalue weighted by atomic mass is 10.0. The van der Waals surface area contributed by atoms with Gasteiger partial charge in [-0.15, -0.1) is 0 Å². The van der Waals surface area contributed by atoms with Gasteiger partial charge in [-0.3, -0.25) is 0 Å². The van der Waals surface area contributed by atoms with E-state index in [1.54, 1.807) is 0 Å². The van der Waals surface area contributed by atoms with Gasteiger partial charge in [0.1, 0.15) is 5.57 Å². The maximum atomic E-state index is 13.1. The van der Waals surface area contributed by atoms with E-state index >= 15 is 0 Å². The molecule has 0 aromatic heterocycles. The Hall–Kier alpha value is -1.42. The Morgan fingerprint density at radius 2 is 1.41 bits per heavy atom. The van der Waals surface area contributed by atoms with Crippen LogP contribution in [0.4, 0.5) is 39.5 Å². The van der Waals surface area contributed by atoms with Crippen LogP contribution >= 0.6 is 0 Å². The van der Waals surface area contributed by atoms with E-state index in [1.807, 2.05) is 0 Å². The number of halogens is 9. The first-order chi connectivity index (χ1) is 9.60. The minimum Gasteiger partial charge on any atom is -0.462 e. The zero-order chi connectivity index (χ0) is 18.0. The van der Waals surface area contributed by atoms with Gasteiger partial charge in [0.25, 0.3) is 0 Å². The van der Waals surface area contributed by atoms with Crippen molar-refractivity contribution < 1.29 is 49.0 Å². The van der Waals surface area contributed by atoms with Gasteiger partial charge in [-0.2, -0.15) is 39.5 Å². The van der Waals surface area contributed by atoms with Crippen LogP contribution in [0.15, 0.2) is 12.2 Å². The fraction of sp³-hybridized carbons (Fsp3) is 0.727. The summed E-state index contributed by atoms with van der Waals surface area (Å²) >= 11 is 0. The molecule has 11 heteroatoms. The molecule has 2 nitrogen and oxygen atoms in total. The van der Waals surface area contributed by atoms with Crippen LogP contribution in [0.3, 0.4) is 0 Å². The van der Waals surface area contributed by atoms with Crippen LogP contribution in [0.25, 0.3) is 0 Å². The number of carbonyl (C=O) groups excluding carboxylic acids is 1. The molecular weight excluding hydrogens is 335 g/mol. The first kappa shape index (κ1) is 20.6. The van der Waals surface area contributed by atoms with E-state index in [0.717, 1.165) is 0 Å². The van der Waals surface area contributed by atoms with Crippen molar-refractivity contribution in [2.45, 2.75) is 43.7 Å². The van der Waals surface area contributed by atoms with Gasteiger partial charge < -0.3 is 4.74 Å². The molecule has 0 heterocycles. The summed E-state index contributed by atoms with van der Waals surface area (Å²) in [5, 5.41) is 0. The fourth-order valence-corrected chi connectivity index (χ4v) is 1.12. The summed E-state index contributed by atoms with van der Waals surface area (Å²) in [7, 11) is 0. The van der Waals surface area contributed by atoms with E-state index in [1.165, 1.54) is 0 Å². The molecule has 0 fully saturated rings. The molecule has 22 heavy (non-hydrogen) atoms. The van der Waals surface area contributed by atoms with Crippen LogP contribution in [0.1, 0.15) is 19.8 Å². The molecule has 0 radical (unpaired) electrons. The summed E-state index contributed by atoms with van der Waals surface area (Å²) in [4.78, 5) is 10.8. The molecule has 0 aliphatic carbocycles. The van der Waals surface area contributed by atoms with Crippen molar-refractivity contribution in [3.63, 3.8) is 0 Å². The molecular formula is C11H11F9O2. The van der Waals surface area contributed by atoms with Gasteiger partial charge in [0.05, 0.1) is 13.0 Å². The monoisotopic (exact) mass is 346 g/mol. The number of alkyl halides is 9. The van der Waals surface area contributed by atoms with Crippen molar-refractivity contribution in [2.75, 3.05) is 6.61 Å².